The third-order valence-corrected chi connectivity index (χ3v) is 2.44. The molecule has 1 saturated heterocycles. The van der Waals surface area contributed by atoms with E-state index in [0.717, 1.165) is 0 Å². The fourth-order valence-corrected chi connectivity index (χ4v) is 1.84. The highest BCUT2D eigenvalue weighted by molar-refractivity contribution is 5.68. The first-order valence-corrected chi connectivity index (χ1v) is 6.35. The molecule has 106 valence electrons. The van der Waals surface area contributed by atoms with Crippen LogP contribution in [0.25, 0.3) is 0 Å². The number of rotatable bonds is 1. The van der Waals surface area contributed by atoms with Crippen LogP contribution in [0.5, 0.6) is 0 Å². The van der Waals surface area contributed by atoms with Crippen LogP contribution in [0.1, 0.15) is 48.0 Å². The Morgan fingerprint density at radius 2 is 1.72 bits per heavy atom. The van der Waals surface area contributed by atoms with Gasteiger partial charge in [0.25, 0.3) is 0 Å². The van der Waals surface area contributed by atoms with Gasteiger partial charge in [0.2, 0.25) is 0 Å². The highest BCUT2D eigenvalue weighted by Crippen LogP contribution is 2.25. The van der Waals surface area contributed by atoms with Crippen molar-refractivity contribution in [1.82, 2.24) is 4.90 Å². The third-order valence-electron chi connectivity index (χ3n) is 2.44. The van der Waals surface area contributed by atoms with Crippen molar-refractivity contribution >= 4 is 6.09 Å². The number of ether oxygens (including phenoxy) is 2. The number of carbonyl (C=O) groups is 1. The minimum absolute atomic E-state index is 0.338. The molecule has 5 nitrogen and oxygen atoms in total. The minimum Gasteiger partial charge on any atom is -0.444 e. The second-order valence-electron chi connectivity index (χ2n) is 6.64. The van der Waals surface area contributed by atoms with Gasteiger partial charge in [0, 0.05) is 6.54 Å². The molecule has 1 fully saturated rings. The van der Waals surface area contributed by atoms with Gasteiger partial charge in [-0.25, -0.2) is 4.79 Å². The molecular weight excluding hydrogens is 234 g/mol. The van der Waals surface area contributed by atoms with Crippen LogP contribution in [0.2, 0.25) is 0 Å². The Labute approximate surface area is 109 Å². The van der Waals surface area contributed by atoms with E-state index in [1.807, 2.05) is 20.8 Å². The summed E-state index contributed by atoms with van der Waals surface area (Å²) in [6.07, 6.45) is -1.15. The molecule has 1 aliphatic heterocycles. The number of likely N-dealkylation sites (tertiary alicyclic amines) is 1. The van der Waals surface area contributed by atoms with Gasteiger partial charge in [-0.05, 0) is 48.0 Å². The second kappa shape index (κ2) is 5.05. The van der Waals surface area contributed by atoms with Crippen LogP contribution in [-0.2, 0) is 9.47 Å². The lowest BCUT2D eigenvalue weighted by Crippen LogP contribution is -2.44. The summed E-state index contributed by atoms with van der Waals surface area (Å²) >= 11 is 0. The van der Waals surface area contributed by atoms with Crippen LogP contribution >= 0.6 is 0 Å². The van der Waals surface area contributed by atoms with Crippen LogP contribution in [0.3, 0.4) is 0 Å². The number of hydrogen-bond donors (Lipinski definition) is 1. The third kappa shape index (κ3) is 4.46. The molecule has 0 radical (unpaired) electrons. The van der Waals surface area contributed by atoms with Crippen molar-refractivity contribution < 1.29 is 19.4 Å². The van der Waals surface area contributed by atoms with Gasteiger partial charge in [-0.3, -0.25) is 4.90 Å². The maximum Gasteiger partial charge on any atom is 0.412 e. The van der Waals surface area contributed by atoms with E-state index >= 15 is 0 Å². The zero-order chi connectivity index (χ0) is 14.1. The monoisotopic (exact) mass is 259 g/mol. The molecule has 5 heteroatoms. The number of carbonyl (C=O) groups excluding carboxylic acids is 1. The SMILES string of the molecule is CC(C)(C)OC(=O)N1CC[C@@H](OC(C)(C)C)C1O. The Balaban J connectivity index is 2.59. The predicted molar refractivity (Wildman–Crippen MR) is 68.2 cm³/mol. The van der Waals surface area contributed by atoms with Crippen molar-refractivity contribution in [2.24, 2.45) is 0 Å². The van der Waals surface area contributed by atoms with Crippen LogP contribution in [0.4, 0.5) is 4.79 Å². The van der Waals surface area contributed by atoms with Crippen molar-refractivity contribution in [3.05, 3.63) is 0 Å². The van der Waals surface area contributed by atoms with E-state index in [9.17, 15) is 9.90 Å². The Hall–Kier alpha value is -0.810. The van der Waals surface area contributed by atoms with Gasteiger partial charge in [0.15, 0.2) is 6.23 Å². The molecule has 2 atom stereocenters. The molecular formula is C13H25NO4. The summed E-state index contributed by atoms with van der Waals surface area (Å²) < 4.78 is 11.0. The van der Waals surface area contributed by atoms with E-state index in [-0.39, 0.29) is 11.7 Å². The van der Waals surface area contributed by atoms with E-state index in [2.05, 4.69) is 0 Å². The van der Waals surface area contributed by atoms with Gasteiger partial charge in [-0.2, -0.15) is 0 Å². The summed E-state index contributed by atoms with van der Waals surface area (Å²) in [7, 11) is 0. The fourth-order valence-electron chi connectivity index (χ4n) is 1.84. The number of aliphatic hydroxyl groups is 1. The van der Waals surface area contributed by atoms with E-state index in [1.165, 1.54) is 4.90 Å². The summed E-state index contributed by atoms with van der Waals surface area (Å²) in [6, 6.07) is 0. The molecule has 1 unspecified atom stereocenters. The molecule has 1 rings (SSSR count). The standard InChI is InChI=1S/C13H25NO4/c1-12(2,3)17-9-7-8-14(10(9)15)11(16)18-13(4,5)6/h9-10,15H,7-8H2,1-6H3/t9-,10?/m1/s1. The lowest BCUT2D eigenvalue weighted by atomic mass is 10.1. The molecule has 1 N–H and O–H groups in total. The van der Waals surface area contributed by atoms with Crippen molar-refractivity contribution in [1.29, 1.82) is 0 Å². The van der Waals surface area contributed by atoms with Crippen molar-refractivity contribution in [3.63, 3.8) is 0 Å². The highest BCUT2D eigenvalue weighted by atomic mass is 16.6. The lowest BCUT2D eigenvalue weighted by Gasteiger charge is -2.30. The van der Waals surface area contributed by atoms with Crippen LogP contribution in [-0.4, -0.2) is 46.2 Å². The number of nitrogens with zero attached hydrogens (tertiary/aromatic N) is 1. The Morgan fingerprint density at radius 1 is 1.17 bits per heavy atom. The molecule has 0 aromatic heterocycles. The summed E-state index contributed by atoms with van der Waals surface area (Å²) in [5.74, 6) is 0. The number of aliphatic hydroxyl groups excluding tert-OH is 1. The zero-order valence-electron chi connectivity index (χ0n) is 12.2. The quantitative estimate of drug-likeness (QED) is 0.783. The zero-order valence-corrected chi connectivity index (χ0v) is 12.2. The van der Waals surface area contributed by atoms with Crippen molar-refractivity contribution in [2.45, 2.75) is 71.5 Å². The van der Waals surface area contributed by atoms with Crippen LogP contribution in [0.15, 0.2) is 0 Å². The summed E-state index contributed by atoms with van der Waals surface area (Å²) in [6.45, 7) is 11.6. The van der Waals surface area contributed by atoms with Gasteiger partial charge < -0.3 is 14.6 Å². The van der Waals surface area contributed by atoms with Gasteiger partial charge >= 0.3 is 6.09 Å². The number of hydrogen-bond acceptors (Lipinski definition) is 4. The molecule has 0 spiro atoms. The minimum atomic E-state index is -0.931. The molecule has 0 aliphatic carbocycles. The molecule has 0 saturated carbocycles. The first-order chi connectivity index (χ1) is 7.99. The fraction of sp³-hybridized carbons (Fsp3) is 0.923. The largest absolute Gasteiger partial charge is 0.444 e. The number of amides is 1. The first kappa shape index (κ1) is 15.2. The Bertz CT molecular complexity index is 303. The molecule has 1 aliphatic rings. The topological polar surface area (TPSA) is 59.0 Å². The van der Waals surface area contributed by atoms with Crippen molar-refractivity contribution in [3.8, 4) is 0 Å². The molecule has 0 aromatic carbocycles. The maximum absolute atomic E-state index is 11.9. The Morgan fingerprint density at radius 3 is 2.17 bits per heavy atom. The molecule has 0 aromatic rings. The molecule has 1 heterocycles. The van der Waals surface area contributed by atoms with Crippen LogP contribution in [0, 0.1) is 0 Å². The van der Waals surface area contributed by atoms with E-state index in [4.69, 9.17) is 9.47 Å². The van der Waals surface area contributed by atoms with E-state index in [0.29, 0.717) is 13.0 Å². The smallest absolute Gasteiger partial charge is 0.412 e. The van der Waals surface area contributed by atoms with E-state index in [1.54, 1.807) is 20.8 Å². The summed E-state index contributed by atoms with van der Waals surface area (Å²) in [4.78, 5) is 13.2. The van der Waals surface area contributed by atoms with Crippen molar-refractivity contribution in [2.75, 3.05) is 6.54 Å². The first-order valence-electron chi connectivity index (χ1n) is 6.35. The van der Waals surface area contributed by atoms with Gasteiger partial charge in [-0.15, -0.1) is 0 Å². The van der Waals surface area contributed by atoms with Crippen LogP contribution < -0.4 is 0 Å². The summed E-state index contributed by atoms with van der Waals surface area (Å²) in [5, 5.41) is 10.1. The van der Waals surface area contributed by atoms with E-state index < -0.39 is 17.9 Å². The maximum atomic E-state index is 11.9. The molecule has 0 bridgehead atoms. The average Bonchev–Trinajstić information content (AvgIpc) is 2.42. The predicted octanol–water partition coefficient (Wildman–Crippen LogP) is 2.13. The molecule has 18 heavy (non-hydrogen) atoms. The van der Waals surface area contributed by atoms with Gasteiger partial charge in [-0.1, -0.05) is 0 Å². The summed E-state index contributed by atoms with van der Waals surface area (Å²) in [5.41, 5.74) is -0.893. The lowest BCUT2D eigenvalue weighted by molar-refractivity contribution is -0.123. The normalized spacial score (nSPS) is 25.4. The van der Waals surface area contributed by atoms with Gasteiger partial charge in [0.05, 0.1) is 5.60 Å². The highest BCUT2D eigenvalue weighted by Gasteiger charge is 2.40. The average molecular weight is 259 g/mol. The molecule has 1 amide bonds. The second-order valence-corrected chi connectivity index (χ2v) is 6.64. The van der Waals surface area contributed by atoms with Gasteiger partial charge in [0.1, 0.15) is 11.7 Å². The Kier molecular flexibility index (Phi) is 4.28.